The summed E-state index contributed by atoms with van der Waals surface area (Å²) in [6, 6.07) is 4.79. The number of carbonyl (C=O) groups excluding carboxylic acids is 1. The van der Waals surface area contributed by atoms with Gasteiger partial charge in [0.15, 0.2) is 0 Å². The summed E-state index contributed by atoms with van der Waals surface area (Å²) in [6.45, 7) is 1.98. The monoisotopic (exact) mass is 292 g/mol. The van der Waals surface area contributed by atoms with Crippen LogP contribution in [0.1, 0.15) is 50.5 Å². The van der Waals surface area contributed by atoms with Gasteiger partial charge in [-0.05, 0) is 31.7 Å². The number of amides is 1. The number of anilines is 1. The predicted molar refractivity (Wildman–Crippen MR) is 79.6 cm³/mol. The molecule has 0 spiro atoms. The molecule has 1 fully saturated rings. The van der Waals surface area contributed by atoms with Gasteiger partial charge in [0, 0.05) is 6.07 Å². The first kappa shape index (κ1) is 15.3. The Kier molecular flexibility index (Phi) is 5.14. The number of ether oxygens (including phenoxy) is 1. The molecule has 0 radical (unpaired) electrons. The van der Waals surface area contributed by atoms with Crippen molar-refractivity contribution in [2.75, 3.05) is 11.9 Å². The first-order chi connectivity index (χ1) is 10.1. The maximum Gasteiger partial charge on any atom is 0.411 e. The maximum atomic E-state index is 11.6. The third-order valence-corrected chi connectivity index (χ3v) is 3.81. The van der Waals surface area contributed by atoms with Crippen LogP contribution in [0.4, 0.5) is 16.2 Å². The minimum atomic E-state index is -0.574. The molecule has 0 saturated heterocycles. The summed E-state index contributed by atoms with van der Waals surface area (Å²) in [5, 5.41) is 13.9. The highest BCUT2D eigenvalue weighted by atomic mass is 16.6. The van der Waals surface area contributed by atoms with Crippen molar-refractivity contribution in [3.8, 4) is 0 Å². The minimum Gasteiger partial charge on any atom is -0.450 e. The van der Waals surface area contributed by atoms with Crippen molar-refractivity contribution in [3.05, 3.63) is 33.9 Å². The van der Waals surface area contributed by atoms with Crippen molar-refractivity contribution in [2.45, 2.75) is 44.9 Å². The Balaban J connectivity index is 2.36. The van der Waals surface area contributed by atoms with E-state index in [4.69, 9.17) is 4.74 Å². The lowest BCUT2D eigenvalue weighted by Gasteiger charge is -2.24. The van der Waals surface area contributed by atoms with Crippen molar-refractivity contribution in [3.63, 3.8) is 0 Å². The average molecular weight is 292 g/mol. The van der Waals surface area contributed by atoms with Gasteiger partial charge >= 0.3 is 6.09 Å². The van der Waals surface area contributed by atoms with Crippen LogP contribution in [0.25, 0.3) is 0 Å². The summed E-state index contributed by atoms with van der Waals surface area (Å²) < 4.78 is 4.87. The molecule has 1 aromatic carbocycles. The van der Waals surface area contributed by atoms with Gasteiger partial charge in [-0.25, -0.2) is 4.79 Å². The Labute approximate surface area is 123 Å². The van der Waals surface area contributed by atoms with Crippen molar-refractivity contribution in [1.82, 2.24) is 0 Å². The second kappa shape index (κ2) is 7.06. The molecule has 1 aliphatic carbocycles. The van der Waals surface area contributed by atoms with E-state index in [2.05, 4.69) is 5.32 Å². The zero-order chi connectivity index (χ0) is 15.2. The number of hydrogen-bond acceptors (Lipinski definition) is 4. The van der Waals surface area contributed by atoms with Gasteiger partial charge < -0.3 is 4.74 Å². The molecule has 1 aliphatic rings. The van der Waals surface area contributed by atoms with Crippen LogP contribution in [-0.2, 0) is 4.74 Å². The van der Waals surface area contributed by atoms with E-state index in [-0.39, 0.29) is 23.1 Å². The summed E-state index contributed by atoms with van der Waals surface area (Å²) in [7, 11) is 0. The summed E-state index contributed by atoms with van der Waals surface area (Å²) in [5.41, 5.74) is 1.21. The van der Waals surface area contributed by atoms with Crippen molar-refractivity contribution in [1.29, 1.82) is 0 Å². The van der Waals surface area contributed by atoms with E-state index in [1.54, 1.807) is 19.1 Å². The molecule has 1 N–H and O–H groups in total. The number of nitro benzene ring substituents is 1. The molecule has 2 rings (SSSR count). The van der Waals surface area contributed by atoms with Gasteiger partial charge in [0.2, 0.25) is 0 Å². The van der Waals surface area contributed by atoms with Crippen LogP contribution in [0.5, 0.6) is 0 Å². The van der Waals surface area contributed by atoms with Gasteiger partial charge in [-0.15, -0.1) is 0 Å². The SMILES string of the molecule is CCOC(=O)Nc1cccc([N+](=O)[O-])c1C1CCCCC1. The van der Waals surface area contributed by atoms with E-state index in [0.717, 1.165) is 32.1 Å². The molecule has 1 amide bonds. The van der Waals surface area contributed by atoms with E-state index >= 15 is 0 Å². The van der Waals surface area contributed by atoms with E-state index < -0.39 is 6.09 Å². The molecule has 0 aliphatic heterocycles. The predicted octanol–water partition coefficient (Wildman–Crippen LogP) is 4.21. The van der Waals surface area contributed by atoms with Gasteiger partial charge in [-0.2, -0.15) is 0 Å². The third-order valence-electron chi connectivity index (χ3n) is 3.81. The Morgan fingerprint density at radius 3 is 2.71 bits per heavy atom. The second-order valence-corrected chi connectivity index (χ2v) is 5.18. The van der Waals surface area contributed by atoms with Crippen molar-refractivity contribution >= 4 is 17.5 Å². The van der Waals surface area contributed by atoms with E-state index in [1.807, 2.05) is 0 Å². The van der Waals surface area contributed by atoms with Crippen LogP contribution in [0.2, 0.25) is 0 Å². The normalized spacial score (nSPS) is 15.5. The van der Waals surface area contributed by atoms with Crippen LogP contribution < -0.4 is 5.32 Å². The zero-order valence-electron chi connectivity index (χ0n) is 12.1. The Hall–Kier alpha value is -2.11. The fourth-order valence-electron chi connectivity index (χ4n) is 2.92. The van der Waals surface area contributed by atoms with Crippen LogP contribution in [0, 0.1) is 10.1 Å². The molecule has 114 valence electrons. The first-order valence-electron chi connectivity index (χ1n) is 7.34. The smallest absolute Gasteiger partial charge is 0.411 e. The first-order valence-corrected chi connectivity index (χ1v) is 7.34. The number of hydrogen-bond donors (Lipinski definition) is 1. The summed E-state index contributed by atoms with van der Waals surface area (Å²) in [5.74, 6) is 0.122. The highest BCUT2D eigenvalue weighted by molar-refractivity contribution is 5.87. The molecule has 21 heavy (non-hydrogen) atoms. The standard InChI is InChI=1S/C15H20N2O4/c1-2-21-15(18)16-12-9-6-10-13(17(19)20)14(12)11-7-4-3-5-8-11/h6,9-11H,2-5,7-8H2,1H3,(H,16,18). The fourth-order valence-corrected chi connectivity index (χ4v) is 2.92. The molecule has 0 aromatic heterocycles. The van der Waals surface area contributed by atoms with Crippen molar-refractivity contribution < 1.29 is 14.5 Å². The lowest BCUT2D eigenvalue weighted by Crippen LogP contribution is -2.17. The van der Waals surface area contributed by atoms with Crippen LogP contribution in [0.3, 0.4) is 0 Å². The Morgan fingerprint density at radius 2 is 2.10 bits per heavy atom. The Bertz CT molecular complexity index is 524. The third kappa shape index (κ3) is 3.71. The van der Waals surface area contributed by atoms with E-state index in [9.17, 15) is 14.9 Å². The number of benzene rings is 1. The molecule has 0 atom stereocenters. The number of nitrogens with one attached hydrogen (secondary N) is 1. The lowest BCUT2D eigenvalue weighted by molar-refractivity contribution is -0.385. The minimum absolute atomic E-state index is 0.0798. The lowest BCUT2D eigenvalue weighted by atomic mass is 9.82. The van der Waals surface area contributed by atoms with E-state index in [0.29, 0.717) is 11.3 Å². The van der Waals surface area contributed by atoms with Crippen molar-refractivity contribution in [2.24, 2.45) is 0 Å². The molecular formula is C15H20N2O4. The average Bonchev–Trinajstić information content (AvgIpc) is 2.48. The second-order valence-electron chi connectivity index (χ2n) is 5.18. The van der Waals surface area contributed by atoms with E-state index in [1.165, 1.54) is 6.07 Å². The largest absolute Gasteiger partial charge is 0.450 e. The molecular weight excluding hydrogens is 272 g/mol. The van der Waals surface area contributed by atoms with Gasteiger partial charge in [0.05, 0.1) is 22.8 Å². The van der Waals surface area contributed by atoms with Gasteiger partial charge in [0.25, 0.3) is 5.69 Å². The van der Waals surface area contributed by atoms with Gasteiger partial charge in [-0.3, -0.25) is 15.4 Å². The molecule has 6 nitrogen and oxygen atoms in total. The summed E-state index contributed by atoms with van der Waals surface area (Å²) in [4.78, 5) is 22.5. The summed E-state index contributed by atoms with van der Waals surface area (Å²) in [6.07, 6.45) is 4.56. The van der Waals surface area contributed by atoms with Gasteiger partial charge in [-0.1, -0.05) is 25.3 Å². The molecule has 0 unspecified atom stereocenters. The van der Waals surface area contributed by atoms with Gasteiger partial charge in [0.1, 0.15) is 0 Å². The number of carbonyl (C=O) groups is 1. The molecule has 0 bridgehead atoms. The highest BCUT2D eigenvalue weighted by Crippen LogP contribution is 2.41. The molecule has 1 aromatic rings. The maximum absolute atomic E-state index is 11.6. The molecule has 6 heteroatoms. The number of nitro groups is 1. The molecule has 0 heterocycles. The highest BCUT2D eigenvalue weighted by Gasteiger charge is 2.27. The quantitative estimate of drug-likeness (QED) is 0.665. The zero-order valence-corrected chi connectivity index (χ0v) is 12.1. The topological polar surface area (TPSA) is 81.5 Å². The van der Waals surface area contributed by atoms with Crippen LogP contribution >= 0.6 is 0 Å². The number of rotatable bonds is 4. The molecule has 1 saturated carbocycles. The number of nitrogens with zero attached hydrogens (tertiary/aromatic N) is 1. The van der Waals surface area contributed by atoms with Crippen LogP contribution in [-0.4, -0.2) is 17.6 Å². The Morgan fingerprint density at radius 1 is 1.38 bits per heavy atom. The summed E-state index contributed by atoms with van der Waals surface area (Å²) >= 11 is 0. The van der Waals surface area contributed by atoms with Crippen LogP contribution in [0.15, 0.2) is 18.2 Å². The fraction of sp³-hybridized carbons (Fsp3) is 0.533.